The van der Waals surface area contributed by atoms with E-state index in [1.54, 1.807) is 10.8 Å². The van der Waals surface area contributed by atoms with Gasteiger partial charge in [-0.25, -0.2) is 9.59 Å². The number of cyclic esters (lactones) is 1. The summed E-state index contributed by atoms with van der Waals surface area (Å²) >= 11 is 0. The van der Waals surface area contributed by atoms with Gasteiger partial charge in [-0.3, -0.25) is 14.5 Å². The average molecular weight is 766 g/mol. The number of hydrogen-bond acceptors (Lipinski definition) is 10. The average Bonchev–Trinajstić information content (AvgIpc) is 3.94. The number of amides is 2. The zero-order valence-corrected chi connectivity index (χ0v) is 32.5. The predicted octanol–water partition coefficient (Wildman–Crippen LogP) is 7.06. The van der Waals surface area contributed by atoms with Crippen molar-refractivity contribution in [3.8, 4) is 0 Å². The zero-order chi connectivity index (χ0) is 36.9. The van der Waals surface area contributed by atoms with Crippen molar-refractivity contribution < 1.29 is 28.7 Å². The van der Waals surface area contributed by atoms with Gasteiger partial charge in [-0.05, 0) is 97.8 Å². The van der Waals surface area contributed by atoms with Gasteiger partial charge in [0.25, 0.3) is 11.8 Å². The summed E-state index contributed by atoms with van der Waals surface area (Å²) in [5.41, 5.74) is 4.64. The minimum absolute atomic E-state index is 0.0332. The number of nitrogens with zero attached hydrogens (tertiary/aromatic N) is 1. The second-order valence-electron chi connectivity index (χ2n) is 16.9. The summed E-state index contributed by atoms with van der Waals surface area (Å²) in [5.74, 6) is 1.68. The molecule has 0 unspecified atom stereocenters. The maximum atomic E-state index is 14.7. The normalized spacial score (nSPS) is 38.0. The third-order valence-electron chi connectivity index (χ3n) is 14.3. The van der Waals surface area contributed by atoms with Crippen molar-refractivity contribution in [3.05, 3.63) is 93.3 Å². The molecule has 11 heteroatoms. The molecule has 0 aromatic rings. The van der Waals surface area contributed by atoms with Crippen LogP contribution in [0.1, 0.15) is 78.1 Å². The summed E-state index contributed by atoms with van der Waals surface area (Å²) in [5, 5.41) is 7.32. The van der Waals surface area contributed by atoms with Crippen molar-refractivity contribution in [2.75, 3.05) is 18.8 Å². The fourth-order valence-electron chi connectivity index (χ4n) is 11.8. The van der Waals surface area contributed by atoms with Gasteiger partial charge in [0.2, 0.25) is 0 Å². The van der Waals surface area contributed by atoms with Crippen molar-refractivity contribution in [3.63, 3.8) is 0 Å². The van der Waals surface area contributed by atoms with E-state index in [4.69, 9.17) is 9.47 Å². The SMILES string of the molecule is CCC1(/C=C2\OC(=O)C3=C2CC[C@H]2[C@@H]4CC[C@@]5(C6=C4[C@@H](CN4C(=O)C=CC4=O)C4=CCNC7=C4C=C[C@H](N7)SSC[C@@H](C)C/C=C/5OC6=O)[C@@H]32)CCCC1. The number of imide groups is 1. The molecule has 282 valence electrons. The Morgan fingerprint density at radius 2 is 1.81 bits per heavy atom. The first kappa shape index (κ1) is 34.8. The number of carbonyl (C=O) groups is 4. The molecule has 9 nitrogen and oxygen atoms in total. The van der Waals surface area contributed by atoms with Crippen LogP contribution in [0, 0.1) is 40.4 Å². The van der Waals surface area contributed by atoms with Gasteiger partial charge in [-0.1, -0.05) is 66.5 Å². The van der Waals surface area contributed by atoms with Gasteiger partial charge in [0.05, 0.1) is 11.0 Å². The standard InChI is InChI=1S/C43H47N3O6S2/c1-3-42(16-4-5-17-42)20-30-28-8-7-26-25-14-18-43(37(26)36(28)40(49)51-30)31-10-6-23(2)22-53-54-32-11-9-27-24(15-19-44-39(27)45-32)29(35(25)38(43)41(50)52-31)21-46-33(47)12-13-34(46)48/h9-13,15,20,23,25-26,29,32,37,44-45H,3-8,14,16-19,21-22H2,1-2H3/b30-20-,31-10-/t23-,25-,26-,29-,32+,37+,43-/m0/s1. The number of fused-ring (bicyclic) bond motifs is 6. The van der Waals surface area contributed by atoms with Gasteiger partial charge in [-0.15, -0.1) is 0 Å². The first-order valence-corrected chi connectivity index (χ1v) is 22.4. The third-order valence-corrected chi connectivity index (χ3v) is 17.0. The molecule has 2 saturated carbocycles. The molecule has 0 aromatic heterocycles. The Morgan fingerprint density at radius 1 is 1.00 bits per heavy atom. The molecule has 54 heavy (non-hydrogen) atoms. The van der Waals surface area contributed by atoms with Crippen LogP contribution in [0.25, 0.3) is 0 Å². The molecular formula is C43H47N3O6S2. The Hall–Kier alpha value is -3.70. The van der Waals surface area contributed by atoms with Gasteiger partial charge in [-0.2, -0.15) is 0 Å². The third kappa shape index (κ3) is 5.12. The van der Waals surface area contributed by atoms with Crippen molar-refractivity contribution >= 4 is 45.3 Å². The second-order valence-corrected chi connectivity index (χ2v) is 19.5. The quantitative estimate of drug-likeness (QED) is 0.175. The van der Waals surface area contributed by atoms with Crippen LogP contribution in [0.15, 0.2) is 93.3 Å². The largest absolute Gasteiger partial charge is 0.427 e. The van der Waals surface area contributed by atoms with Crippen LogP contribution in [0.5, 0.6) is 0 Å². The summed E-state index contributed by atoms with van der Waals surface area (Å²) in [6.45, 7) is 5.18. The van der Waals surface area contributed by atoms with E-state index in [0.717, 1.165) is 90.1 Å². The molecule has 1 spiro atoms. The first-order valence-electron chi connectivity index (χ1n) is 20.0. The number of dihydropyridines is 2. The number of hydrogen-bond donors (Lipinski definition) is 2. The van der Waals surface area contributed by atoms with E-state index in [-0.39, 0.29) is 58.8 Å². The van der Waals surface area contributed by atoms with Crippen LogP contribution in [-0.2, 0) is 28.7 Å². The lowest BCUT2D eigenvalue weighted by molar-refractivity contribution is -0.138. The fourth-order valence-corrected chi connectivity index (χ4v) is 14.4. The van der Waals surface area contributed by atoms with Crippen LogP contribution in [0.2, 0.25) is 0 Å². The molecule has 0 aromatic carbocycles. The molecule has 0 radical (unpaired) electrons. The molecule has 7 aliphatic heterocycles. The smallest absolute Gasteiger partial charge is 0.340 e. The van der Waals surface area contributed by atoms with Crippen LogP contribution < -0.4 is 10.6 Å². The van der Waals surface area contributed by atoms with Gasteiger partial charge >= 0.3 is 11.9 Å². The van der Waals surface area contributed by atoms with Gasteiger partial charge in [0.1, 0.15) is 22.7 Å². The van der Waals surface area contributed by atoms with E-state index in [0.29, 0.717) is 30.2 Å². The minimum Gasteiger partial charge on any atom is -0.427 e. The van der Waals surface area contributed by atoms with Gasteiger partial charge < -0.3 is 20.1 Å². The Balaban J connectivity index is 1.19. The highest BCUT2D eigenvalue weighted by atomic mass is 33.1. The summed E-state index contributed by atoms with van der Waals surface area (Å²) in [4.78, 5) is 57.0. The first-order chi connectivity index (χ1) is 26.2. The van der Waals surface area contributed by atoms with E-state index in [2.05, 4.69) is 54.9 Å². The van der Waals surface area contributed by atoms with Gasteiger partial charge in [0.15, 0.2) is 0 Å². The summed E-state index contributed by atoms with van der Waals surface area (Å²) in [6.07, 6.45) is 23.1. The van der Waals surface area contributed by atoms with Gasteiger partial charge in [0, 0.05) is 59.5 Å². The number of rotatable bonds is 4. The monoisotopic (exact) mass is 765 g/mol. The van der Waals surface area contributed by atoms with Crippen molar-refractivity contribution in [1.29, 1.82) is 0 Å². The molecule has 1 saturated heterocycles. The lowest BCUT2D eigenvalue weighted by Gasteiger charge is -2.57. The maximum absolute atomic E-state index is 14.7. The predicted molar refractivity (Wildman–Crippen MR) is 207 cm³/mol. The molecule has 3 fully saturated rings. The molecule has 5 aliphatic carbocycles. The summed E-state index contributed by atoms with van der Waals surface area (Å²) < 4.78 is 12.8. The second kappa shape index (κ2) is 12.9. The molecule has 7 atom stereocenters. The highest BCUT2D eigenvalue weighted by Gasteiger charge is 2.69. The number of ether oxygens (including phenoxy) is 2. The highest BCUT2D eigenvalue weighted by Crippen LogP contribution is 2.72. The molecular weight excluding hydrogens is 719 g/mol. The lowest BCUT2D eigenvalue weighted by atomic mass is 9.43. The van der Waals surface area contributed by atoms with E-state index in [9.17, 15) is 19.2 Å². The van der Waals surface area contributed by atoms with E-state index < -0.39 is 11.3 Å². The molecule has 2 N–H and O–H groups in total. The lowest BCUT2D eigenvalue weighted by Crippen LogP contribution is -2.54. The van der Waals surface area contributed by atoms with Crippen molar-refractivity contribution in [2.24, 2.45) is 40.4 Å². The Morgan fingerprint density at radius 3 is 2.61 bits per heavy atom. The topological polar surface area (TPSA) is 114 Å². The van der Waals surface area contributed by atoms with E-state index >= 15 is 0 Å². The number of allylic oxidation sites excluding steroid dienone is 6. The summed E-state index contributed by atoms with van der Waals surface area (Å²) in [6, 6.07) is 0. The van der Waals surface area contributed by atoms with Crippen LogP contribution in [-0.4, -0.2) is 52.9 Å². The Labute approximate surface area is 324 Å². The molecule has 7 heterocycles. The highest BCUT2D eigenvalue weighted by molar-refractivity contribution is 8.77. The van der Waals surface area contributed by atoms with Crippen molar-refractivity contribution in [2.45, 2.75) is 83.4 Å². The number of carbonyl (C=O) groups excluding carboxylic acids is 4. The molecule has 12 aliphatic rings. The van der Waals surface area contributed by atoms with E-state index in [1.807, 2.05) is 10.8 Å². The van der Waals surface area contributed by atoms with E-state index in [1.165, 1.54) is 29.9 Å². The summed E-state index contributed by atoms with van der Waals surface area (Å²) in [7, 11) is 3.63. The minimum atomic E-state index is -0.832. The van der Waals surface area contributed by atoms with Crippen LogP contribution >= 0.6 is 21.6 Å². The molecule has 9 bridgehead atoms. The number of nitrogens with one attached hydrogen (secondary N) is 2. The van der Waals surface area contributed by atoms with Crippen molar-refractivity contribution in [1.82, 2.24) is 15.5 Å². The zero-order valence-electron chi connectivity index (χ0n) is 30.9. The van der Waals surface area contributed by atoms with Crippen LogP contribution in [0.3, 0.4) is 0 Å². The Bertz CT molecular complexity index is 2010. The molecule has 12 rings (SSSR count). The maximum Gasteiger partial charge on any atom is 0.340 e. The van der Waals surface area contributed by atoms with Crippen LogP contribution in [0.4, 0.5) is 0 Å². The fraction of sp³-hybridized carbons (Fsp3) is 0.535. The Kier molecular flexibility index (Phi) is 8.33. The number of esters is 2. The molecule has 2 amide bonds.